The number of hydrogen-bond acceptors (Lipinski definition) is 8. The second-order valence-electron chi connectivity index (χ2n) is 12.8. The summed E-state index contributed by atoms with van der Waals surface area (Å²) in [5, 5.41) is 23.1. The van der Waals surface area contributed by atoms with Gasteiger partial charge in [-0.15, -0.1) is 0 Å². The molecule has 0 bridgehead atoms. The Morgan fingerprint density at radius 2 is 1.30 bits per heavy atom. The zero-order valence-electron chi connectivity index (χ0n) is 27.7. The number of nitrogens with one attached hydrogen (secondary N) is 4. The average molecular weight is 718 g/mol. The molecule has 260 valence electrons. The Kier molecular flexibility index (Phi) is 9.43. The lowest BCUT2D eigenvalue weighted by Gasteiger charge is -2.37. The van der Waals surface area contributed by atoms with Gasteiger partial charge in [0, 0.05) is 96.8 Å². The van der Waals surface area contributed by atoms with Crippen LogP contribution in [0.1, 0.15) is 23.2 Å². The average Bonchev–Trinajstić information content (AvgIpc) is 3.88. The maximum Gasteiger partial charge on any atom is 0.324 e. The van der Waals surface area contributed by atoms with Crippen LogP contribution in [0.2, 0.25) is 10.0 Å². The fourth-order valence-electron chi connectivity index (χ4n) is 7.09. The quantitative estimate of drug-likeness (QED) is 0.188. The van der Waals surface area contributed by atoms with Gasteiger partial charge in [0.25, 0.3) is 11.8 Å². The Hall–Kier alpha value is -5.01. The molecular weight excluding hydrogens is 679 g/mol. The lowest BCUT2D eigenvalue weighted by Crippen LogP contribution is -2.46. The number of anilines is 3. The van der Waals surface area contributed by atoms with Crippen LogP contribution in [0.15, 0.2) is 60.9 Å². The van der Waals surface area contributed by atoms with Crippen molar-refractivity contribution in [2.45, 2.75) is 18.9 Å². The number of urea groups is 1. The van der Waals surface area contributed by atoms with E-state index in [1.54, 1.807) is 7.05 Å². The topological polar surface area (TPSA) is 146 Å². The van der Waals surface area contributed by atoms with E-state index >= 15 is 0 Å². The van der Waals surface area contributed by atoms with Crippen LogP contribution in [0.3, 0.4) is 0 Å². The van der Waals surface area contributed by atoms with E-state index in [1.165, 1.54) is 11.9 Å². The van der Waals surface area contributed by atoms with Gasteiger partial charge in [0.05, 0.1) is 23.4 Å². The summed E-state index contributed by atoms with van der Waals surface area (Å²) >= 11 is 12.5. The minimum atomic E-state index is -0.391. The van der Waals surface area contributed by atoms with Gasteiger partial charge in [-0.25, -0.2) is 4.79 Å². The van der Waals surface area contributed by atoms with E-state index in [9.17, 15) is 14.4 Å². The van der Waals surface area contributed by atoms with Crippen molar-refractivity contribution in [3.05, 3.63) is 76.5 Å². The van der Waals surface area contributed by atoms with E-state index < -0.39 is 6.04 Å². The number of H-pyrrole nitrogens is 2. The standard InChI is InChI=1S/C19H20ClN5O.C16H18ClN5O2/c1-21-19(26)13-2-4-15(5-3-13)24-6-8-25(9-7-24)18-11-14(20)10-17-16(18)12-22-23-17;1-21-15(23)14(19-16(21)24)9-2-4-22(5-3-9)13-7-10(17)6-12-11(13)8-18-20-12/h2-5,10-12H,6-9H2,1H3,(H,21,26)(H,22,23);6-9,14H,2-5H2,1H3,(H,18,20)(H,19,24). The molecule has 2 aromatic heterocycles. The SMILES string of the molecule is CN1C(=O)NC(C2CCN(c3cc(Cl)cc4[nH]ncc34)CC2)C1=O.CNC(=O)c1ccc(N2CCN(c3cc(Cl)cc4[nH]ncc34)CC2)cc1. The second-order valence-corrected chi connectivity index (χ2v) is 13.6. The van der Waals surface area contributed by atoms with Crippen LogP contribution in [0.4, 0.5) is 21.9 Å². The summed E-state index contributed by atoms with van der Waals surface area (Å²) in [6.07, 6.45) is 5.35. The molecule has 4 N–H and O–H groups in total. The van der Waals surface area contributed by atoms with Crippen molar-refractivity contribution < 1.29 is 14.4 Å². The van der Waals surface area contributed by atoms with E-state index in [0.717, 1.165) is 91.0 Å². The van der Waals surface area contributed by atoms with Crippen molar-refractivity contribution in [2.75, 3.05) is 68.1 Å². The van der Waals surface area contributed by atoms with E-state index in [1.807, 2.05) is 60.9 Å². The lowest BCUT2D eigenvalue weighted by molar-refractivity contribution is -0.127. The molecule has 5 aromatic rings. The van der Waals surface area contributed by atoms with Crippen molar-refractivity contribution in [3.8, 4) is 0 Å². The van der Waals surface area contributed by atoms with Crippen LogP contribution in [0.25, 0.3) is 21.8 Å². The summed E-state index contributed by atoms with van der Waals surface area (Å²) in [4.78, 5) is 43.6. The summed E-state index contributed by atoms with van der Waals surface area (Å²) in [6.45, 7) is 5.25. The van der Waals surface area contributed by atoms with Crippen molar-refractivity contribution in [2.24, 2.45) is 5.92 Å². The first-order valence-electron chi connectivity index (χ1n) is 16.6. The molecule has 5 heterocycles. The highest BCUT2D eigenvalue weighted by molar-refractivity contribution is 6.32. The number of carbonyl (C=O) groups excluding carboxylic acids is 3. The van der Waals surface area contributed by atoms with Crippen LogP contribution in [0, 0.1) is 5.92 Å². The zero-order chi connectivity index (χ0) is 34.9. The number of imide groups is 1. The fourth-order valence-corrected chi connectivity index (χ4v) is 7.51. The van der Waals surface area contributed by atoms with Crippen LogP contribution in [-0.4, -0.2) is 103 Å². The Labute approximate surface area is 298 Å². The van der Waals surface area contributed by atoms with Crippen molar-refractivity contribution in [3.63, 3.8) is 0 Å². The third-order valence-corrected chi connectivity index (χ3v) is 10.3. The summed E-state index contributed by atoms with van der Waals surface area (Å²) in [5.41, 5.74) is 5.87. The van der Waals surface area contributed by atoms with Crippen LogP contribution in [0.5, 0.6) is 0 Å². The van der Waals surface area contributed by atoms with Gasteiger partial charge in [-0.2, -0.15) is 10.2 Å². The van der Waals surface area contributed by atoms with Crippen LogP contribution < -0.4 is 25.3 Å². The van der Waals surface area contributed by atoms with E-state index in [4.69, 9.17) is 23.2 Å². The third kappa shape index (κ3) is 6.62. The van der Waals surface area contributed by atoms with Gasteiger partial charge in [-0.1, -0.05) is 23.2 Å². The predicted molar refractivity (Wildman–Crippen MR) is 196 cm³/mol. The molecule has 50 heavy (non-hydrogen) atoms. The highest BCUT2D eigenvalue weighted by Crippen LogP contribution is 2.34. The molecule has 0 radical (unpaired) electrons. The first-order chi connectivity index (χ1) is 24.2. The van der Waals surface area contributed by atoms with Gasteiger partial charge >= 0.3 is 6.03 Å². The van der Waals surface area contributed by atoms with Gasteiger partial charge < -0.3 is 25.3 Å². The number of aromatic nitrogens is 4. The number of piperidine rings is 1. The maximum absolute atomic E-state index is 12.2. The largest absolute Gasteiger partial charge is 0.371 e. The molecule has 15 heteroatoms. The molecule has 1 unspecified atom stereocenters. The molecule has 13 nitrogen and oxygen atoms in total. The minimum Gasteiger partial charge on any atom is -0.371 e. The molecule has 0 aliphatic carbocycles. The van der Waals surface area contributed by atoms with Crippen molar-refractivity contribution in [1.82, 2.24) is 35.9 Å². The predicted octanol–water partition coefficient (Wildman–Crippen LogP) is 4.89. The highest BCUT2D eigenvalue weighted by Gasteiger charge is 2.41. The Morgan fingerprint density at radius 3 is 1.80 bits per heavy atom. The number of amides is 4. The molecule has 0 saturated carbocycles. The Morgan fingerprint density at radius 1 is 0.780 bits per heavy atom. The number of benzene rings is 3. The van der Waals surface area contributed by atoms with Gasteiger partial charge in [0.15, 0.2) is 0 Å². The number of nitrogens with zero attached hydrogens (tertiary/aromatic N) is 6. The molecule has 8 rings (SSSR count). The fraction of sp³-hybridized carbons (Fsp3) is 0.343. The number of carbonyl (C=O) groups is 3. The monoisotopic (exact) mass is 716 g/mol. The molecule has 4 amide bonds. The van der Waals surface area contributed by atoms with Crippen molar-refractivity contribution in [1.29, 1.82) is 0 Å². The lowest BCUT2D eigenvalue weighted by atomic mass is 9.89. The Balaban J connectivity index is 0.000000157. The molecule has 0 spiro atoms. The summed E-state index contributed by atoms with van der Waals surface area (Å²) in [5.74, 6) is -0.0217. The number of rotatable bonds is 5. The van der Waals surface area contributed by atoms with Crippen LogP contribution >= 0.6 is 23.2 Å². The highest BCUT2D eigenvalue weighted by atomic mass is 35.5. The smallest absolute Gasteiger partial charge is 0.324 e. The van der Waals surface area contributed by atoms with E-state index in [-0.39, 0.29) is 23.8 Å². The van der Waals surface area contributed by atoms with Gasteiger partial charge in [-0.05, 0) is 67.3 Å². The summed E-state index contributed by atoms with van der Waals surface area (Å²) in [6, 6.07) is 14.8. The molecule has 3 aliphatic heterocycles. The Bertz CT molecular complexity index is 2030. The molecule has 1 atom stereocenters. The van der Waals surface area contributed by atoms with Gasteiger partial charge in [-0.3, -0.25) is 24.7 Å². The van der Waals surface area contributed by atoms with Gasteiger partial charge in [0.2, 0.25) is 0 Å². The zero-order valence-corrected chi connectivity index (χ0v) is 29.3. The normalized spacial score (nSPS) is 18.4. The minimum absolute atomic E-state index is 0.0635. The number of likely N-dealkylation sites (N-methyl/N-ethyl adjacent to an activating group) is 1. The molecule has 3 aromatic carbocycles. The number of hydrogen-bond donors (Lipinski definition) is 4. The second kappa shape index (κ2) is 14.1. The van der Waals surface area contributed by atoms with E-state index in [2.05, 4.69) is 45.7 Å². The molecule has 3 aliphatic rings. The molecular formula is C35H38Cl2N10O3. The number of aromatic amines is 2. The first-order valence-corrected chi connectivity index (χ1v) is 17.4. The summed E-state index contributed by atoms with van der Waals surface area (Å²) < 4.78 is 0. The van der Waals surface area contributed by atoms with Crippen molar-refractivity contribution >= 4 is 79.9 Å². The van der Waals surface area contributed by atoms with Gasteiger partial charge in [0.1, 0.15) is 6.04 Å². The number of fused-ring (bicyclic) bond motifs is 2. The maximum atomic E-state index is 12.2. The molecule has 3 saturated heterocycles. The molecule has 3 fully saturated rings. The van der Waals surface area contributed by atoms with Crippen LogP contribution in [-0.2, 0) is 4.79 Å². The summed E-state index contributed by atoms with van der Waals surface area (Å²) in [7, 11) is 3.16. The number of halogens is 2. The third-order valence-electron chi connectivity index (χ3n) is 9.88. The first kappa shape index (κ1) is 33.5. The van der Waals surface area contributed by atoms with E-state index in [0.29, 0.717) is 15.6 Å². The number of piperazine rings is 1.